The average Bonchev–Trinajstić information content (AvgIpc) is 3.61. The zero-order valence-corrected chi connectivity index (χ0v) is 21.2. The second-order valence-corrected chi connectivity index (χ2v) is 9.19. The molecule has 2 aliphatic rings. The molecule has 8 heteroatoms. The summed E-state index contributed by atoms with van der Waals surface area (Å²) in [5.41, 5.74) is 4.34. The fourth-order valence-electron chi connectivity index (χ4n) is 4.05. The van der Waals surface area contributed by atoms with Crippen molar-refractivity contribution in [1.82, 2.24) is 25.2 Å². The van der Waals surface area contributed by atoms with Crippen LogP contribution in [0.1, 0.15) is 31.9 Å². The smallest absolute Gasteiger partial charge is 0.262 e. The summed E-state index contributed by atoms with van der Waals surface area (Å²) in [6, 6.07) is 7.80. The molecule has 8 nitrogen and oxygen atoms in total. The van der Waals surface area contributed by atoms with Crippen LogP contribution in [-0.4, -0.2) is 58.7 Å². The SMILES string of the molecule is C=CC1=C(/C=N\C(=C)/C=C/CC)C(=O)N(c2cccc(-n3cc(CNCC4CC4)nn3)c2)CCN1C. The highest BCUT2D eigenvalue weighted by Crippen LogP contribution is 2.27. The molecule has 1 N–H and O–H groups in total. The second-order valence-electron chi connectivity index (χ2n) is 9.19. The molecule has 36 heavy (non-hydrogen) atoms. The molecule has 1 amide bonds. The lowest BCUT2D eigenvalue weighted by Crippen LogP contribution is -2.34. The van der Waals surface area contributed by atoms with Gasteiger partial charge in [-0.15, -0.1) is 5.10 Å². The molecule has 2 aromatic rings. The van der Waals surface area contributed by atoms with Crippen molar-refractivity contribution in [2.24, 2.45) is 10.9 Å². The van der Waals surface area contributed by atoms with E-state index in [4.69, 9.17) is 0 Å². The van der Waals surface area contributed by atoms with Gasteiger partial charge in [0.1, 0.15) is 0 Å². The lowest BCUT2D eigenvalue weighted by Gasteiger charge is -2.22. The average molecular weight is 486 g/mol. The molecular weight excluding hydrogens is 450 g/mol. The molecule has 188 valence electrons. The third-order valence-electron chi connectivity index (χ3n) is 6.30. The van der Waals surface area contributed by atoms with E-state index >= 15 is 0 Å². The van der Waals surface area contributed by atoms with Crippen LogP contribution in [0, 0.1) is 5.92 Å². The molecule has 1 aromatic carbocycles. The monoisotopic (exact) mass is 485 g/mol. The van der Waals surface area contributed by atoms with Gasteiger partial charge in [0.2, 0.25) is 0 Å². The maximum Gasteiger partial charge on any atom is 0.262 e. The number of hydrogen-bond acceptors (Lipinski definition) is 6. The maximum absolute atomic E-state index is 13.7. The molecule has 0 atom stereocenters. The molecule has 0 bridgehead atoms. The van der Waals surface area contributed by atoms with E-state index in [9.17, 15) is 4.79 Å². The molecular formula is C28H35N7O. The summed E-state index contributed by atoms with van der Waals surface area (Å²) in [6.45, 7) is 12.9. The predicted molar refractivity (Wildman–Crippen MR) is 145 cm³/mol. The first-order valence-corrected chi connectivity index (χ1v) is 12.5. The number of carbonyl (C=O) groups excluding carboxylic acids is 1. The number of allylic oxidation sites excluding steroid dienone is 3. The molecule has 1 aromatic heterocycles. The first kappa shape index (κ1) is 25.3. The third kappa shape index (κ3) is 6.26. The molecule has 0 spiro atoms. The Morgan fingerprint density at radius 3 is 2.83 bits per heavy atom. The minimum atomic E-state index is -0.133. The van der Waals surface area contributed by atoms with Crippen molar-refractivity contribution < 1.29 is 4.79 Å². The summed E-state index contributed by atoms with van der Waals surface area (Å²) in [7, 11) is 1.96. The third-order valence-corrected chi connectivity index (χ3v) is 6.30. The highest BCUT2D eigenvalue weighted by atomic mass is 16.2. The summed E-state index contributed by atoms with van der Waals surface area (Å²) in [5.74, 6) is 0.685. The van der Waals surface area contributed by atoms with Crippen molar-refractivity contribution in [2.75, 3.05) is 31.6 Å². The van der Waals surface area contributed by atoms with Crippen molar-refractivity contribution in [1.29, 1.82) is 0 Å². The Hall–Kier alpha value is -3.78. The fraction of sp³-hybridized carbons (Fsp3) is 0.357. The van der Waals surface area contributed by atoms with Gasteiger partial charge in [0.05, 0.1) is 34.5 Å². The molecule has 0 saturated heterocycles. The van der Waals surface area contributed by atoms with Crippen LogP contribution in [0.3, 0.4) is 0 Å². The Bertz CT molecular complexity index is 1200. The summed E-state index contributed by atoms with van der Waals surface area (Å²) in [6.07, 6.45) is 12.6. The van der Waals surface area contributed by atoms with E-state index in [1.807, 2.05) is 61.5 Å². The number of amides is 1. The van der Waals surface area contributed by atoms with E-state index in [-0.39, 0.29) is 5.91 Å². The van der Waals surface area contributed by atoms with Gasteiger partial charge in [-0.05, 0) is 62.1 Å². The van der Waals surface area contributed by atoms with Gasteiger partial charge in [0, 0.05) is 38.6 Å². The van der Waals surface area contributed by atoms with Crippen molar-refractivity contribution in [3.8, 4) is 5.69 Å². The Morgan fingerprint density at radius 2 is 2.08 bits per heavy atom. The van der Waals surface area contributed by atoms with Crippen LogP contribution in [0.5, 0.6) is 0 Å². The van der Waals surface area contributed by atoms with Gasteiger partial charge in [0.15, 0.2) is 0 Å². The van der Waals surface area contributed by atoms with Crippen molar-refractivity contribution in [2.45, 2.75) is 32.7 Å². The van der Waals surface area contributed by atoms with Crippen LogP contribution >= 0.6 is 0 Å². The number of aromatic nitrogens is 3. The first-order valence-electron chi connectivity index (χ1n) is 12.5. The molecule has 2 heterocycles. The molecule has 1 aliphatic carbocycles. The van der Waals surface area contributed by atoms with Crippen LogP contribution in [-0.2, 0) is 11.3 Å². The van der Waals surface area contributed by atoms with Crippen LogP contribution in [0.15, 0.2) is 83.8 Å². The lowest BCUT2D eigenvalue weighted by atomic mass is 10.1. The van der Waals surface area contributed by atoms with Crippen LogP contribution in [0.4, 0.5) is 5.69 Å². The molecule has 0 radical (unpaired) electrons. The van der Waals surface area contributed by atoms with E-state index in [1.165, 1.54) is 12.8 Å². The lowest BCUT2D eigenvalue weighted by molar-refractivity contribution is -0.114. The summed E-state index contributed by atoms with van der Waals surface area (Å²) >= 11 is 0. The number of anilines is 1. The van der Waals surface area contributed by atoms with Gasteiger partial charge in [-0.1, -0.05) is 37.4 Å². The molecule has 1 fully saturated rings. The number of hydrogen-bond donors (Lipinski definition) is 1. The largest absolute Gasteiger partial charge is 0.372 e. The quantitative estimate of drug-likeness (QED) is 0.384. The maximum atomic E-state index is 13.7. The Kier molecular flexibility index (Phi) is 8.28. The minimum Gasteiger partial charge on any atom is -0.372 e. The molecule has 4 rings (SSSR count). The Morgan fingerprint density at radius 1 is 1.28 bits per heavy atom. The highest BCUT2D eigenvalue weighted by molar-refractivity contribution is 6.20. The van der Waals surface area contributed by atoms with Crippen molar-refractivity contribution in [3.63, 3.8) is 0 Å². The van der Waals surface area contributed by atoms with Gasteiger partial charge in [-0.25, -0.2) is 4.68 Å². The van der Waals surface area contributed by atoms with Crippen LogP contribution in [0.2, 0.25) is 0 Å². The summed E-state index contributed by atoms with van der Waals surface area (Å²) in [5, 5.41) is 12.0. The predicted octanol–water partition coefficient (Wildman–Crippen LogP) is 4.04. The zero-order chi connectivity index (χ0) is 25.5. The van der Waals surface area contributed by atoms with Gasteiger partial charge < -0.3 is 15.1 Å². The number of rotatable bonds is 11. The van der Waals surface area contributed by atoms with E-state index in [0.29, 0.717) is 30.9 Å². The zero-order valence-electron chi connectivity index (χ0n) is 21.2. The molecule has 0 unspecified atom stereocenters. The minimum absolute atomic E-state index is 0.133. The van der Waals surface area contributed by atoms with Gasteiger partial charge >= 0.3 is 0 Å². The van der Waals surface area contributed by atoms with Crippen molar-refractivity contribution >= 4 is 17.8 Å². The standard InChI is InChI=1S/C28H35N7O/c1-5-7-9-21(3)30-19-26-27(6-2)33(4)14-15-34(28(26)36)24-10-8-11-25(16-24)35-20-23(31-32-35)18-29-17-22-12-13-22/h6-11,16,19-20,22,29H,2-3,5,12-15,17-18H2,1,4H3/b9-7+,30-19-. The van der Waals surface area contributed by atoms with Crippen LogP contribution in [0.25, 0.3) is 5.69 Å². The van der Waals surface area contributed by atoms with Crippen molar-refractivity contribution in [3.05, 3.63) is 84.5 Å². The summed E-state index contributed by atoms with van der Waals surface area (Å²) < 4.78 is 1.75. The van der Waals surface area contributed by atoms with E-state index < -0.39 is 0 Å². The molecule has 1 saturated carbocycles. The number of nitrogens with zero attached hydrogens (tertiary/aromatic N) is 6. The van der Waals surface area contributed by atoms with E-state index in [2.05, 4.69) is 33.8 Å². The fourth-order valence-corrected chi connectivity index (χ4v) is 4.05. The number of nitrogens with one attached hydrogen (secondary N) is 1. The van der Waals surface area contributed by atoms with Gasteiger partial charge in [-0.3, -0.25) is 9.79 Å². The van der Waals surface area contributed by atoms with Crippen LogP contribution < -0.4 is 10.2 Å². The Labute approximate surface area is 213 Å². The first-order chi connectivity index (χ1) is 17.5. The number of carbonyl (C=O) groups is 1. The topological polar surface area (TPSA) is 78.6 Å². The van der Waals surface area contributed by atoms with Gasteiger partial charge in [0.25, 0.3) is 5.91 Å². The number of benzene rings is 1. The summed E-state index contributed by atoms with van der Waals surface area (Å²) in [4.78, 5) is 22.0. The second kappa shape index (κ2) is 11.8. The number of likely N-dealkylation sites (N-methyl/N-ethyl adjacent to an activating group) is 1. The van der Waals surface area contributed by atoms with E-state index in [1.54, 1.807) is 21.9 Å². The van der Waals surface area contributed by atoms with Gasteiger partial charge in [-0.2, -0.15) is 0 Å². The Balaban J connectivity index is 1.56. The highest BCUT2D eigenvalue weighted by Gasteiger charge is 2.27. The number of aliphatic imine (C=N–C) groups is 1. The normalized spacial score (nSPS) is 16.9. The van der Waals surface area contributed by atoms with E-state index in [0.717, 1.165) is 41.6 Å². The molecule has 1 aliphatic heterocycles.